The van der Waals surface area contributed by atoms with Gasteiger partial charge in [-0.25, -0.2) is 13.2 Å². The highest BCUT2D eigenvalue weighted by Crippen LogP contribution is 2.54. The van der Waals surface area contributed by atoms with Gasteiger partial charge in [0.25, 0.3) is 11.8 Å². The minimum absolute atomic E-state index is 0.272. The fourth-order valence-electron chi connectivity index (χ4n) is 3.57. The van der Waals surface area contributed by atoms with Crippen molar-refractivity contribution in [2.75, 3.05) is 12.4 Å². The van der Waals surface area contributed by atoms with E-state index in [2.05, 4.69) is 10.6 Å². The molecule has 0 saturated heterocycles. The zero-order valence-electron chi connectivity index (χ0n) is 19.1. The Morgan fingerprint density at radius 3 is 1.82 bits per heavy atom. The largest absolute Gasteiger partial charge is 0.435 e. The van der Waals surface area contributed by atoms with Gasteiger partial charge in [0.2, 0.25) is 0 Å². The first kappa shape index (κ1) is 31.0. The van der Waals surface area contributed by atoms with Gasteiger partial charge in [-0.05, 0) is 75.5 Å². The van der Waals surface area contributed by atoms with Gasteiger partial charge in [0, 0.05) is 30.9 Å². The van der Waals surface area contributed by atoms with Crippen molar-refractivity contribution < 1.29 is 49.1 Å². The average Bonchev–Trinajstić information content (AvgIpc) is 2.84. The Morgan fingerprint density at radius 2 is 1.31 bits per heavy atom. The summed E-state index contributed by atoms with van der Waals surface area (Å²) < 4.78 is 123. The van der Waals surface area contributed by atoms with Crippen LogP contribution in [0.2, 0.25) is 0 Å². The smallest absolute Gasteiger partial charge is 0.355 e. The highest BCUT2D eigenvalue weighted by atomic mass is 127. The second-order valence-corrected chi connectivity index (χ2v) is 10.2. The summed E-state index contributed by atoms with van der Waals surface area (Å²) >= 11 is 2.64. The number of nitrogens with one attached hydrogen (secondary N) is 2. The van der Waals surface area contributed by atoms with Crippen LogP contribution in [0.4, 0.5) is 45.2 Å². The third-order valence-corrected chi connectivity index (χ3v) is 7.17. The van der Waals surface area contributed by atoms with E-state index in [0.29, 0.717) is 0 Å². The maximum absolute atomic E-state index is 15.1. The van der Waals surface area contributed by atoms with Crippen LogP contribution >= 0.6 is 45.2 Å². The van der Waals surface area contributed by atoms with Crippen LogP contribution in [0.3, 0.4) is 0 Å². The van der Waals surface area contributed by atoms with Crippen molar-refractivity contribution in [3.8, 4) is 11.1 Å². The van der Waals surface area contributed by atoms with Gasteiger partial charge in [-0.2, -0.15) is 26.3 Å². The molecule has 0 saturated carbocycles. The normalized spacial score (nSPS) is 12.3. The number of rotatable bonds is 5. The molecule has 3 rings (SSSR count). The van der Waals surface area contributed by atoms with Crippen molar-refractivity contribution in [2.24, 2.45) is 0 Å². The third-order valence-electron chi connectivity index (χ3n) is 5.46. The van der Waals surface area contributed by atoms with Gasteiger partial charge in [-0.3, -0.25) is 9.59 Å². The lowest BCUT2D eigenvalue weighted by molar-refractivity contribution is -0.348. The minimum atomic E-state index is -6.33. The molecular weight excluding hydrogens is 773 g/mol. The first-order valence-corrected chi connectivity index (χ1v) is 12.5. The van der Waals surface area contributed by atoms with Crippen LogP contribution in [0.5, 0.6) is 0 Å². The van der Waals surface area contributed by atoms with Crippen molar-refractivity contribution in [2.45, 2.75) is 18.0 Å². The summed E-state index contributed by atoms with van der Waals surface area (Å²) in [5.74, 6) is -4.31. The lowest BCUT2D eigenvalue weighted by Crippen LogP contribution is -2.50. The number of anilines is 1. The minimum Gasteiger partial charge on any atom is -0.355 e. The number of amides is 2. The SMILES string of the molecule is CNC(=O)c1ccc(F)c(-c2ccccc2C(=O)Nc2c(I)cc(C(F)(C(F)(F)F)C(F)(F)F)cc2I)c1F. The fraction of sp³-hybridized carbons (Fsp3) is 0.167. The van der Waals surface area contributed by atoms with Crippen molar-refractivity contribution in [3.63, 3.8) is 0 Å². The molecule has 0 aliphatic carbocycles. The van der Waals surface area contributed by atoms with E-state index < -0.39 is 58.2 Å². The number of benzene rings is 3. The fourth-order valence-corrected chi connectivity index (χ4v) is 5.61. The van der Waals surface area contributed by atoms with E-state index in [-0.39, 0.29) is 36.1 Å². The zero-order chi connectivity index (χ0) is 29.5. The molecule has 0 fully saturated rings. The maximum Gasteiger partial charge on any atom is 0.435 e. The molecule has 0 spiro atoms. The molecule has 0 aliphatic rings. The Labute approximate surface area is 241 Å². The number of carbonyl (C=O) groups is 2. The van der Waals surface area contributed by atoms with Gasteiger partial charge in [-0.15, -0.1) is 0 Å². The topological polar surface area (TPSA) is 58.2 Å². The Balaban J connectivity index is 2.10. The summed E-state index contributed by atoms with van der Waals surface area (Å²) in [6.45, 7) is 0. The number of carbonyl (C=O) groups excluding carboxylic acids is 2. The summed E-state index contributed by atoms with van der Waals surface area (Å²) in [6, 6.07) is 7.29. The summed E-state index contributed by atoms with van der Waals surface area (Å²) in [4.78, 5) is 25.1. The lowest BCUT2D eigenvalue weighted by Gasteiger charge is -2.31. The van der Waals surface area contributed by atoms with Crippen molar-refractivity contribution in [1.82, 2.24) is 5.32 Å². The first-order chi connectivity index (χ1) is 18.0. The molecular formula is C24H13F9I2N2O2. The van der Waals surface area contributed by atoms with E-state index in [1.54, 1.807) is 0 Å². The molecule has 2 N–H and O–H groups in total. The molecule has 4 nitrogen and oxygen atoms in total. The zero-order valence-corrected chi connectivity index (χ0v) is 23.4. The molecule has 0 atom stereocenters. The summed E-state index contributed by atoms with van der Waals surface area (Å²) in [5, 5.41) is 4.47. The van der Waals surface area contributed by atoms with Gasteiger partial charge in [0.1, 0.15) is 11.6 Å². The Hall–Kier alpha value is -2.57. The molecule has 208 valence electrons. The molecule has 0 aromatic heterocycles. The van der Waals surface area contributed by atoms with E-state index in [0.717, 1.165) is 18.2 Å². The van der Waals surface area contributed by atoms with E-state index in [9.17, 15) is 44.7 Å². The van der Waals surface area contributed by atoms with Crippen LogP contribution in [0.25, 0.3) is 11.1 Å². The number of hydrogen-bond acceptors (Lipinski definition) is 2. The molecule has 3 aromatic carbocycles. The van der Waals surface area contributed by atoms with Gasteiger partial charge >= 0.3 is 18.0 Å². The second kappa shape index (κ2) is 11.1. The van der Waals surface area contributed by atoms with E-state index in [4.69, 9.17) is 0 Å². The van der Waals surface area contributed by atoms with Crippen LogP contribution in [0.1, 0.15) is 26.3 Å². The van der Waals surface area contributed by atoms with Crippen molar-refractivity contribution >= 4 is 62.7 Å². The summed E-state index contributed by atoms with van der Waals surface area (Å²) in [5.41, 5.74) is -9.58. The van der Waals surface area contributed by atoms with Gasteiger partial charge in [0.15, 0.2) is 0 Å². The van der Waals surface area contributed by atoms with E-state index in [1.165, 1.54) is 70.4 Å². The van der Waals surface area contributed by atoms with E-state index in [1.807, 2.05) is 0 Å². The predicted octanol–water partition coefficient (Wildman–Crippen LogP) is 7.74. The monoisotopic (exact) mass is 786 g/mol. The Bertz CT molecular complexity index is 1420. The van der Waals surface area contributed by atoms with Gasteiger partial charge < -0.3 is 10.6 Å². The Kier molecular flexibility index (Phi) is 8.84. The molecule has 0 aliphatic heterocycles. The van der Waals surface area contributed by atoms with Crippen LogP contribution in [-0.2, 0) is 5.67 Å². The van der Waals surface area contributed by atoms with Crippen molar-refractivity contribution in [3.05, 3.63) is 84.0 Å². The second-order valence-electron chi connectivity index (χ2n) is 7.83. The maximum atomic E-state index is 15.1. The van der Waals surface area contributed by atoms with Crippen LogP contribution < -0.4 is 10.6 Å². The summed E-state index contributed by atoms with van der Waals surface area (Å²) in [7, 11) is 1.22. The molecule has 0 radical (unpaired) electrons. The standard InChI is InChI=1S/C24H13F9I2N2O2/c1-36-20(38)13-6-7-14(25)17(18(13)26)11-4-2-3-5-12(11)21(39)37-19-15(34)8-10(9-16(19)35)22(27,23(28,29)30)24(31,32)33/h2-9H,1H3,(H,36,38)(H,37,39). The molecule has 15 heteroatoms. The van der Waals surface area contributed by atoms with Crippen LogP contribution in [-0.4, -0.2) is 31.2 Å². The molecule has 39 heavy (non-hydrogen) atoms. The molecule has 3 aromatic rings. The van der Waals surface area contributed by atoms with Crippen LogP contribution in [0, 0.1) is 18.8 Å². The number of halogens is 11. The quantitative estimate of drug-likeness (QED) is 0.206. The van der Waals surface area contributed by atoms with Gasteiger partial charge in [0.05, 0.1) is 16.8 Å². The molecule has 0 bridgehead atoms. The van der Waals surface area contributed by atoms with Crippen molar-refractivity contribution in [1.29, 1.82) is 0 Å². The van der Waals surface area contributed by atoms with E-state index >= 15 is 4.39 Å². The van der Waals surface area contributed by atoms with Crippen LogP contribution in [0.15, 0.2) is 48.5 Å². The summed E-state index contributed by atoms with van der Waals surface area (Å²) in [6.07, 6.45) is -12.7. The molecule has 0 heterocycles. The number of alkyl halides is 7. The average molecular weight is 786 g/mol. The predicted molar refractivity (Wildman–Crippen MR) is 140 cm³/mol. The third kappa shape index (κ3) is 5.69. The molecule has 0 unspecified atom stereocenters. The lowest BCUT2D eigenvalue weighted by atomic mass is 9.94. The highest BCUT2D eigenvalue weighted by Gasteiger charge is 2.73. The highest BCUT2D eigenvalue weighted by molar-refractivity contribution is 14.1. The number of hydrogen-bond donors (Lipinski definition) is 2. The molecule has 2 amide bonds. The first-order valence-electron chi connectivity index (χ1n) is 10.4. The van der Waals surface area contributed by atoms with Gasteiger partial charge in [-0.1, -0.05) is 18.2 Å². The Morgan fingerprint density at radius 1 is 0.769 bits per heavy atom.